The van der Waals surface area contributed by atoms with Crippen LogP contribution in [0.5, 0.6) is 0 Å². The standard InChI is InChI=1S/C11H20N4O/c1-11(2,3)9(12)4-10(16)14-6-8-5-13-7-15-8/h5,7,9H,4,6,12H2,1-3H3,(H,13,15)(H,14,16). The van der Waals surface area contributed by atoms with Crippen molar-refractivity contribution >= 4 is 5.91 Å². The Kier molecular flexibility index (Phi) is 4.06. The summed E-state index contributed by atoms with van der Waals surface area (Å²) in [5.41, 5.74) is 6.76. The molecule has 90 valence electrons. The van der Waals surface area contributed by atoms with Crippen LogP contribution in [0, 0.1) is 5.41 Å². The number of imidazole rings is 1. The van der Waals surface area contributed by atoms with Crippen LogP contribution in [-0.4, -0.2) is 21.9 Å². The Morgan fingerprint density at radius 1 is 1.62 bits per heavy atom. The summed E-state index contributed by atoms with van der Waals surface area (Å²) in [6.45, 7) is 6.55. The van der Waals surface area contributed by atoms with Gasteiger partial charge in [0.25, 0.3) is 0 Å². The molecule has 0 aliphatic rings. The summed E-state index contributed by atoms with van der Waals surface area (Å²) in [5, 5.41) is 2.80. The molecule has 1 amide bonds. The minimum Gasteiger partial charge on any atom is -0.350 e. The van der Waals surface area contributed by atoms with Crippen LogP contribution < -0.4 is 11.1 Å². The number of aromatic amines is 1. The molecule has 1 aromatic heterocycles. The first-order valence-electron chi connectivity index (χ1n) is 5.39. The minimum absolute atomic E-state index is 0.0305. The topological polar surface area (TPSA) is 83.8 Å². The third-order valence-corrected chi connectivity index (χ3v) is 2.55. The van der Waals surface area contributed by atoms with Gasteiger partial charge in [-0.25, -0.2) is 4.98 Å². The highest BCUT2D eigenvalue weighted by Crippen LogP contribution is 2.19. The second-order valence-electron chi connectivity index (χ2n) is 5.03. The molecule has 0 aromatic carbocycles. The van der Waals surface area contributed by atoms with Gasteiger partial charge in [-0.1, -0.05) is 20.8 Å². The highest BCUT2D eigenvalue weighted by molar-refractivity contribution is 5.76. The van der Waals surface area contributed by atoms with Gasteiger partial charge in [0.1, 0.15) is 0 Å². The molecule has 1 aromatic rings. The fourth-order valence-electron chi connectivity index (χ4n) is 1.15. The molecule has 0 fully saturated rings. The summed E-state index contributed by atoms with van der Waals surface area (Å²) in [6, 6.07) is -0.130. The Labute approximate surface area is 95.8 Å². The molecule has 0 aliphatic heterocycles. The summed E-state index contributed by atoms with van der Waals surface area (Å²) in [4.78, 5) is 18.4. The summed E-state index contributed by atoms with van der Waals surface area (Å²) in [5.74, 6) is -0.0305. The SMILES string of the molecule is CC(C)(C)C(N)CC(=O)NCc1cnc[nH]1. The third kappa shape index (κ3) is 4.02. The number of hydrogen-bond acceptors (Lipinski definition) is 3. The van der Waals surface area contributed by atoms with E-state index >= 15 is 0 Å². The van der Waals surface area contributed by atoms with E-state index in [-0.39, 0.29) is 17.4 Å². The van der Waals surface area contributed by atoms with Gasteiger partial charge in [0.15, 0.2) is 0 Å². The Morgan fingerprint density at radius 3 is 2.81 bits per heavy atom. The number of carbonyl (C=O) groups is 1. The minimum atomic E-state index is -0.130. The second kappa shape index (κ2) is 5.12. The average molecular weight is 224 g/mol. The molecule has 1 atom stereocenters. The summed E-state index contributed by atoms with van der Waals surface area (Å²) >= 11 is 0. The van der Waals surface area contributed by atoms with E-state index in [4.69, 9.17) is 5.73 Å². The van der Waals surface area contributed by atoms with Crippen molar-refractivity contribution in [1.29, 1.82) is 0 Å². The Bertz CT molecular complexity index is 326. The van der Waals surface area contributed by atoms with Gasteiger partial charge >= 0.3 is 0 Å². The molecule has 0 saturated carbocycles. The molecule has 1 heterocycles. The number of nitrogens with one attached hydrogen (secondary N) is 2. The van der Waals surface area contributed by atoms with Crippen LogP contribution in [0.1, 0.15) is 32.9 Å². The van der Waals surface area contributed by atoms with E-state index in [9.17, 15) is 4.79 Å². The average Bonchev–Trinajstić information content (AvgIpc) is 2.65. The van der Waals surface area contributed by atoms with E-state index in [1.807, 2.05) is 20.8 Å². The fraction of sp³-hybridized carbons (Fsp3) is 0.636. The highest BCUT2D eigenvalue weighted by Gasteiger charge is 2.22. The van der Waals surface area contributed by atoms with E-state index in [2.05, 4.69) is 15.3 Å². The smallest absolute Gasteiger partial charge is 0.221 e. The lowest BCUT2D eigenvalue weighted by molar-refractivity contribution is -0.122. The lowest BCUT2D eigenvalue weighted by Gasteiger charge is -2.26. The van der Waals surface area contributed by atoms with Crippen molar-refractivity contribution in [2.75, 3.05) is 0 Å². The lowest BCUT2D eigenvalue weighted by atomic mass is 9.85. The number of rotatable bonds is 4. The van der Waals surface area contributed by atoms with Gasteiger partial charge in [0, 0.05) is 18.7 Å². The Morgan fingerprint density at radius 2 is 2.31 bits per heavy atom. The van der Waals surface area contributed by atoms with Crippen LogP contribution in [0.2, 0.25) is 0 Å². The van der Waals surface area contributed by atoms with E-state index in [1.165, 1.54) is 0 Å². The Balaban J connectivity index is 2.31. The van der Waals surface area contributed by atoms with Crippen molar-refractivity contribution in [3.05, 3.63) is 18.2 Å². The van der Waals surface area contributed by atoms with E-state index in [0.717, 1.165) is 5.69 Å². The summed E-state index contributed by atoms with van der Waals surface area (Å²) in [7, 11) is 0. The highest BCUT2D eigenvalue weighted by atomic mass is 16.1. The van der Waals surface area contributed by atoms with Gasteiger partial charge in [-0.3, -0.25) is 4.79 Å². The van der Waals surface area contributed by atoms with Crippen LogP contribution >= 0.6 is 0 Å². The number of amides is 1. The van der Waals surface area contributed by atoms with Crippen molar-refractivity contribution in [3.63, 3.8) is 0 Å². The first-order chi connectivity index (χ1) is 7.39. The zero-order chi connectivity index (χ0) is 12.2. The van der Waals surface area contributed by atoms with Crippen molar-refractivity contribution in [3.8, 4) is 0 Å². The molecule has 0 saturated heterocycles. The van der Waals surface area contributed by atoms with Crippen LogP contribution in [0.3, 0.4) is 0 Å². The number of carbonyl (C=O) groups excluding carboxylic acids is 1. The predicted molar refractivity (Wildman–Crippen MR) is 62.5 cm³/mol. The third-order valence-electron chi connectivity index (χ3n) is 2.55. The number of nitrogens with two attached hydrogens (primary N) is 1. The lowest BCUT2D eigenvalue weighted by Crippen LogP contribution is -2.40. The summed E-state index contributed by atoms with van der Waals surface area (Å²) in [6.07, 6.45) is 3.62. The molecule has 5 nitrogen and oxygen atoms in total. The van der Waals surface area contributed by atoms with E-state index in [1.54, 1.807) is 12.5 Å². The van der Waals surface area contributed by atoms with Crippen LogP contribution in [0.15, 0.2) is 12.5 Å². The molecule has 1 unspecified atom stereocenters. The van der Waals surface area contributed by atoms with Gasteiger partial charge in [0.2, 0.25) is 5.91 Å². The molecule has 16 heavy (non-hydrogen) atoms. The molecular formula is C11H20N4O. The number of aromatic nitrogens is 2. The van der Waals surface area contributed by atoms with Gasteiger partial charge in [-0.05, 0) is 5.41 Å². The molecule has 4 N–H and O–H groups in total. The molecule has 5 heteroatoms. The van der Waals surface area contributed by atoms with Crippen molar-refractivity contribution in [1.82, 2.24) is 15.3 Å². The predicted octanol–water partition coefficient (Wildman–Crippen LogP) is 0.789. The number of H-pyrrole nitrogens is 1. The first kappa shape index (κ1) is 12.7. The van der Waals surface area contributed by atoms with Gasteiger partial charge < -0.3 is 16.0 Å². The molecule has 1 rings (SSSR count). The quantitative estimate of drug-likeness (QED) is 0.707. The van der Waals surface area contributed by atoms with Crippen LogP contribution in [0.25, 0.3) is 0 Å². The largest absolute Gasteiger partial charge is 0.350 e. The van der Waals surface area contributed by atoms with Gasteiger partial charge in [0.05, 0.1) is 18.6 Å². The molecule has 0 aliphatic carbocycles. The molecule has 0 bridgehead atoms. The van der Waals surface area contributed by atoms with E-state index < -0.39 is 0 Å². The van der Waals surface area contributed by atoms with Crippen molar-refractivity contribution < 1.29 is 4.79 Å². The zero-order valence-corrected chi connectivity index (χ0v) is 10.1. The maximum Gasteiger partial charge on any atom is 0.221 e. The maximum absolute atomic E-state index is 11.6. The van der Waals surface area contributed by atoms with Crippen molar-refractivity contribution in [2.45, 2.75) is 39.8 Å². The van der Waals surface area contributed by atoms with Gasteiger partial charge in [-0.2, -0.15) is 0 Å². The van der Waals surface area contributed by atoms with Gasteiger partial charge in [-0.15, -0.1) is 0 Å². The maximum atomic E-state index is 11.6. The zero-order valence-electron chi connectivity index (χ0n) is 10.1. The first-order valence-corrected chi connectivity index (χ1v) is 5.39. The Hall–Kier alpha value is -1.36. The van der Waals surface area contributed by atoms with Crippen molar-refractivity contribution in [2.24, 2.45) is 11.1 Å². The molecular weight excluding hydrogens is 204 g/mol. The molecule has 0 spiro atoms. The number of nitrogens with zero attached hydrogens (tertiary/aromatic N) is 1. The fourth-order valence-corrected chi connectivity index (χ4v) is 1.15. The summed E-state index contributed by atoms with van der Waals surface area (Å²) < 4.78 is 0. The van der Waals surface area contributed by atoms with E-state index in [0.29, 0.717) is 13.0 Å². The number of hydrogen-bond donors (Lipinski definition) is 3. The normalized spacial score (nSPS) is 13.5. The second-order valence-corrected chi connectivity index (χ2v) is 5.03. The van der Waals surface area contributed by atoms with Crippen LogP contribution in [-0.2, 0) is 11.3 Å². The monoisotopic (exact) mass is 224 g/mol. The van der Waals surface area contributed by atoms with Crippen LogP contribution in [0.4, 0.5) is 0 Å². The molecule has 0 radical (unpaired) electrons.